The van der Waals surface area contributed by atoms with Crippen LogP contribution >= 0.6 is 0 Å². The molecule has 2 amide bonds. The smallest absolute Gasteiger partial charge is 0.417 e. The molecule has 0 radical (unpaired) electrons. The van der Waals surface area contributed by atoms with Crippen molar-refractivity contribution in [2.45, 2.75) is 64.2 Å². The van der Waals surface area contributed by atoms with Crippen LogP contribution in [0.5, 0.6) is 0 Å². The van der Waals surface area contributed by atoms with Gasteiger partial charge in [0, 0.05) is 44.3 Å². The van der Waals surface area contributed by atoms with Gasteiger partial charge in [-0.15, -0.1) is 0 Å². The van der Waals surface area contributed by atoms with E-state index in [1.165, 1.54) is 48.1 Å². The highest BCUT2D eigenvalue weighted by Crippen LogP contribution is 2.39. The maximum Gasteiger partial charge on any atom is 0.417 e. The van der Waals surface area contributed by atoms with Gasteiger partial charge in [0.05, 0.1) is 11.1 Å². The fourth-order valence-electron chi connectivity index (χ4n) is 5.07. The second-order valence-corrected chi connectivity index (χ2v) is 9.78. The number of carbonyl (C=O) groups is 2. The summed E-state index contributed by atoms with van der Waals surface area (Å²) in [5.74, 6) is -5.22. The zero-order valence-corrected chi connectivity index (χ0v) is 21.8. The van der Waals surface area contributed by atoms with Crippen LogP contribution in [0.4, 0.5) is 27.6 Å². The Morgan fingerprint density at radius 1 is 1.20 bits per heavy atom. The molecule has 1 aromatic carbocycles. The molecule has 1 aliphatic rings. The van der Waals surface area contributed by atoms with Gasteiger partial charge in [0.1, 0.15) is 11.7 Å². The second kappa shape index (κ2) is 11.2. The lowest BCUT2D eigenvalue weighted by Crippen LogP contribution is -2.51. The number of amides is 2. The van der Waals surface area contributed by atoms with Crippen LogP contribution in [0.15, 0.2) is 48.8 Å². The third kappa shape index (κ3) is 6.23. The maximum atomic E-state index is 14.3. The highest BCUT2D eigenvalue weighted by atomic mass is 19.4. The van der Waals surface area contributed by atoms with Crippen LogP contribution in [-0.4, -0.2) is 33.6 Å². The van der Waals surface area contributed by atoms with Gasteiger partial charge in [-0.05, 0) is 49.4 Å². The van der Waals surface area contributed by atoms with E-state index in [9.17, 15) is 36.7 Å². The summed E-state index contributed by atoms with van der Waals surface area (Å²) >= 11 is 0. The minimum atomic E-state index is -4.71. The molecular weight excluding hydrogens is 537 g/mol. The van der Waals surface area contributed by atoms with Crippen molar-refractivity contribution >= 4 is 17.5 Å². The first kappa shape index (κ1) is 29.0. The fourth-order valence-corrected chi connectivity index (χ4v) is 5.07. The number of rotatable bonds is 7. The Balaban J connectivity index is 1.59. The van der Waals surface area contributed by atoms with Crippen molar-refractivity contribution in [1.82, 2.24) is 15.1 Å². The van der Waals surface area contributed by atoms with E-state index in [1.807, 2.05) is 0 Å². The Bertz CT molecular complexity index is 1390. The highest BCUT2D eigenvalue weighted by Gasteiger charge is 2.42. The van der Waals surface area contributed by atoms with Crippen LogP contribution in [-0.2, 0) is 17.5 Å². The van der Waals surface area contributed by atoms with Crippen LogP contribution in [0.1, 0.15) is 54.4 Å². The van der Waals surface area contributed by atoms with E-state index in [0.29, 0.717) is 23.8 Å². The number of alkyl halides is 5. The zero-order valence-electron chi connectivity index (χ0n) is 21.8. The van der Waals surface area contributed by atoms with Crippen LogP contribution in [0, 0.1) is 18.0 Å². The molecular formula is C27H28F5N5O3. The molecule has 214 valence electrons. The summed E-state index contributed by atoms with van der Waals surface area (Å²) in [5, 5.41) is 21.2. The summed E-state index contributed by atoms with van der Waals surface area (Å²) in [4.78, 5) is 26.3. The number of hydrogen-bond donors (Lipinski definition) is 2. The van der Waals surface area contributed by atoms with E-state index in [0.717, 1.165) is 6.20 Å². The lowest BCUT2D eigenvalue weighted by Gasteiger charge is -2.34. The molecule has 3 aromatic rings. The number of nitrogens with one attached hydrogen (secondary N) is 2. The van der Waals surface area contributed by atoms with Gasteiger partial charge in [-0.1, -0.05) is 12.1 Å². The number of pyridine rings is 1. The highest BCUT2D eigenvalue weighted by molar-refractivity contribution is 6.00. The summed E-state index contributed by atoms with van der Waals surface area (Å²) in [6.45, 7) is 3.42. The van der Waals surface area contributed by atoms with Crippen LogP contribution in [0.3, 0.4) is 0 Å². The molecule has 0 saturated heterocycles. The summed E-state index contributed by atoms with van der Waals surface area (Å²) in [5.41, 5.74) is -1.00. The minimum absolute atomic E-state index is 0.0950. The molecule has 0 bridgehead atoms. The van der Waals surface area contributed by atoms with Crippen molar-refractivity contribution in [3.63, 3.8) is 0 Å². The summed E-state index contributed by atoms with van der Waals surface area (Å²) in [6, 6.07) is 6.17. The lowest BCUT2D eigenvalue weighted by molar-refractivity contribution is -0.611. The fraction of sp³-hybridized carbons (Fsp3) is 0.407. The van der Waals surface area contributed by atoms with Gasteiger partial charge in [0.25, 0.3) is 5.91 Å². The number of nitrogens with zero attached hydrogens (tertiary/aromatic N) is 3. The third-order valence-electron chi connectivity index (χ3n) is 7.05. The molecule has 1 aliphatic carbocycles. The van der Waals surface area contributed by atoms with Crippen LogP contribution < -0.4 is 15.4 Å². The lowest BCUT2D eigenvalue weighted by atomic mass is 9.81. The summed E-state index contributed by atoms with van der Waals surface area (Å²) in [6.07, 6.45) is -2.93. The Hall–Kier alpha value is -4.03. The van der Waals surface area contributed by atoms with Crippen molar-refractivity contribution < 1.29 is 36.3 Å². The molecule has 4 rings (SSSR count). The average molecular weight is 566 g/mol. The minimum Gasteiger partial charge on any atom is -0.618 e. The number of benzene rings is 1. The quantitative estimate of drug-likeness (QED) is 0.237. The van der Waals surface area contributed by atoms with Crippen LogP contribution in [0.2, 0.25) is 0 Å². The predicted octanol–water partition coefficient (Wildman–Crippen LogP) is 5.09. The Morgan fingerprint density at radius 2 is 1.90 bits per heavy atom. The topological polar surface area (TPSA) is 103 Å². The number of hydrogen-bond acceptors (Lipinski definition) is 4. The van der Waals surface area contributed by atoms with Gasteiger partial charge < -0.3 is 15.8 Å². The SMILES string of the molecule is CCn1nccc1C(=O)NC(C(=O)Nc1ccc(-c2c(C(F)(F)F)cc[n+]([O-])c2C)cc1)C1CCCC(F)(F)C1. The van der Waals surface area contributed by atoms with Gasteiger partial charge >= 0.3 is 6.18 Å². The normalized spacial score (nSPS) is 17.7. The number of aryl methyl sites for hydroxylation is 1. The molecule has 2 N–H and O–H groups in total. The number of aromatic nitrogens is 3. The number of anilines is 1. The largest absolute Gasteiger partial charge is 0.618 e. The molecule has 0 spiro atoms. The first-order valence-electron chi connectivity index (χ1n) is 12.7. The van der Waals surface area contributed by atoms with Crippen molar-refractivity contribution in [3.8, 4) is 11.1 Å². The van der Waals surface area contributed by atoms with Gasteiger partial charge in [0.15, 0.2) is 11.9 Å². The molecule has 1 fully saturated rings. The number of halogens is 5. The molecule has 2 aromatic heterocycles. The van der Waals surface area contributed by atoms with Crippen LogP contribution in [0.25, 0.3) is 11.1 Å². The maximum absolute atomic E-state index is 14.3. The molecule has 13 heteroatoms. The Morgan fingerprint density at radius 3 is 2.52 bits per heavy atom. The van der Waals surface area contributed by atoms with E-state index in [-0.39, 0.29) is 41.0 Å². The summed E-state index contributed by atoms with van der Waals surface area (Å²) in [7, 11) is 0. The van der Waals surface area contributed by atoms with Gasteiger partial charge in [-0.2, -0.15) is 23.0 Å². The number of carbonyl (C=O) groups excluding carboxylic acids is 2. The van der Waals surface area contributed by atoms with E-state index in [1.54, 1.807) is 6.92 Å². The molecule has 8 nitrogen and oxygen atoms in total. The van der Waals surface area contributed by atoms with Gasteiger partial charge in [-0.3, -0.25) is 14.3 Å². The van der Waals surface area contributed by atoms with E-state index < -0.39 is 47.9 Å². The predicted molar refractivity (Wildman–Crippen MR) is 135 cm³/mol. The standard InChI is InChI=1S/C27H28F5N5O3/c1-3-36-21(10-13-33-36)24(38)35-23(18-5-4-12-26(28,29)15-18)25(39)34-19-8-6-17(7-9-19)22-16(2)37(40)14-11-20(22)27(30,31)32/h6-11,13-14,18,23H,3-5,12,15H2,1-2H3,(H,34,39)(H,35,38). The van der Waals surface area contributed by atoms with Crippen molar-refractivity contribution in [1.29, 1.82) is 0 Å². The van der Waals surface area contributed by atoms with Gasteiger partial charge in [0.2, 0.25) is 11.8 Å². The average Bonchev–Trinajstić information content (AvgIpc) is 3.37. The van der Waals surface area contributed by atoms with E-state index in [4.69, 9.17) is 0 Å². The Kier molecular flexibility index (Phi) is 8.13. The van der Waals surface area contributed by atoms with Crippen molar-refractivity contribution in [2.75, 3.05) is 5.32 Å². The first-order chi connectivity index (χ1) is 18.8. The molecule has 2 unspecified atom stereocenters. The summed E-state index contributed by atoms with van der Waals surface area (Å²) < 4.78 is 71.1. The van der Waals surface area contributed by atoms with Gasteiger partial charge in [-0.25, -0.2) is 8.78 Å². The first-order valence-corrected chi connectivity index (χ1v) is 12.7. The molecule has 2 heterocycles. The Labute approximate surface area is 226 Å². The molecule has 40 heavy (non-hydrogen) atoms. The third-order valence-corrected chi connectivity index (χ3v) is 7.05. The second-order valence-electron chi connectivity index (χ2n) is 9.78. The monoisotopic (exact) mass is 565 g/mol. The van der Waals surface area contributed by atoms with E-state index in [2.05, 4.69) is 15.7 Å². The van der Waals surface area contributed by atoms with Crippen molar-refractivity contribution in [2.24, 2.45) is 5.92 Å². The van der Waals surface area contributed by atoms with Crippen molar-refractivity contribution in [3.05, 3.63) is 71.0 Å². The molecule has 1 saturated carbocycles. The molecule has 2 atom stereocenters. The van der Waals surface area contributed by atoms with E-state index >= 15 is 0 Å². The molecule has 0 aliphatic heterocycles. The zero-order chi connectivity index (χ0) is 29.2.